The van der Waals surface area contributed by atoms with Crippen molar-refractivity contribution >= 4 is 39.9 Å². The van der Waals surface area contributed by atoms with E-state index in [2.05, 4.69) is 15.3 Å². The van der Waals surface area contributed by atoms with E-state index in [1.54, 1.807) is 45.4 Å². The van der Waals surface area contributed by atoms with E-state index in [-0.39, 0.29) is 34.7 Å². The topological polar surface area (TPSA) is 89.3 Å². The Hall–Kier alpha value is -3.20. The molecule has 0 atom stereocenters. The van der Waals surface area contributed by atoms with Gasteiger partial charge in [-0.05, 0) is 24.3 Å². The van der Waals surface area contributed by atoms with Gasteiger partial charge in [0, 0.05) is 32.2 Å². The van der Waals surface area contributed by atoms with Gasteiger partial charge >= 0.3 is 6.08 Å². The molecule has 10 heteroatoms. The maximum Gasteiger partial charge on any atom is 0.310 e. The van der Waals surface area contributed by atoms with Gasteiger partial charge in [-0.25, -0.2) is 4.98 Å². The number of likely N-dealkylation sites (N-methyl/N-ethyl adjacent to an activating group) is 1. The van der Waals surface area contributed by atoms with Crippen molar-refractivity contribution in [1.29, 1.82) is 0 Å². The third-order valence-electron chi connectivity index (χ3n) is 4.02. The number of aryl methyl sites for hydroxylation is 1. The second-order valence-corrected chi connectivity index (χ2v) is 6.59. The summed E-state index contributed by atoms with van der Waals surface area (Å²) in [4.78, 5) is 32.5. The molecule has 0 bridgehead atoms. The predicted molar refractivity (Wildman–Crippen MR) is 104 cm³/mol. The van der Waals surface area contributed by atoms with E-state index in [1.165, 1.54) is 9.47 Å². The number of hydrogen-bond donors (Lipinski definition) is 1. The number of carbonyl (C=O) groups is 1. The lowest BCUT2D eigenvalue weighted by Crippen LogP contribution is -2.29. The largest absolute Gasteiger partial charge is 0.478 e. The third-order valence-corrected chi connectivity index (χ3v) is 4.29. The molecule has 2 heterocycles. The molecule has 0 radical (unpaired) electrons. The van der Waals surface area contributed by atoms with Gasteiger partial charge in [0.1, 0.15) is 5.02 Å². The van der Waals surface area contributed by atoms with E-state index in [0.29, 0.717) is 16.6 Å². The number of halogens is 2. The molecule has 2 aromatic heterocycles. The van der Waals surface area contributed by atoms with Crippen LogP contribution in [0, 0.1) is 6.08 Å². The molecule has 0 saturated heterocycles. The number of anilines is 2. The lowest BCUT2D eigenvalue weighted by molar-refractivity contribution is -0.130. The summed E-state index contributed by atoms with van der Waals surface area (Å²) >= 11 is 5.98. The molecule has 0 aliphatic heterocycles. The Morgan fingerprint density at radius 3 is 2.82 bits per heavy atom. The highest BCUT2D eigenvalue weighted by Crippen LogP contribution is 2.26. The number of benzene rings is 1. The lowest BCUT2D eigenvalue weighted by Gasteiger charge is -2.14. The van der Waals surface area contributed by atoms with E-state index in [0.717, 1.165) is 6.20 Å². The zero-order valence-electron chi connectivity index (χ0n) is 15.4. The Balaban J connectivity index is 1.96. The number of pyridine rings is 1. The minimum Gasteiger partial charge on any atom is -0.478 e. The monoisotopic (exact) mass is 405 g/mol. The lowest BCUT2D eigenvalue weighted by atomic mass is 10.2. The molecule has 8 nitrogen and oxygen atoms in total. The second kappa shape index (κ2) is 7.81. The molecular weight excluding hydrogens is 389 g/mol. The number of ether oxygens (including phenoxy) is 1. The van der Waals surface area contributed by atoms with Crippen molar-refractivity contribution < 1.29 is 13.9 Å². The molecule has 28 heavy (non-hydrogen) atoms. The molecule has 0 spiro atoms. The zero-order chi connectivity index (χ0) is 20.4. The van der Waals surface area contributed by atoms with Crippen LogP contribution in [-0.4, -0.2) is 46.0 Å². The van der Waals surface area contributed by atoms with Crippen LogP contribution in [-0.2, 0) is 11.8 Å². The molecule has 0 saturated carbocycles. The van der Waals surface area contributed by atoms with E-state index < -0.39 is 6.08 Å². The first-order valence-electron chi connectivity index (χ1n) is 8.18. The maximum absolute atomic E-state index is 13.3. The van der Waals surface area contributed by atoms with Gasteiger partial charge in [0.05, 0.1) is 11.7 Å². The predicted octanol–water partition coefficient (Wildman–Crippen LogP) is 2.33. The number of fused-ring (bicyclic) bond motifs is 1. The van der Waals surface area contributed by atoms with Crippen LogP contribution in [0.1, 0.15) is 0 Å². The summed E-state index contributed by atoms with van der Waals surface area (Å²) in [7, 11) is 4.81. The van der Waals surface area contributed by atoms with Gasteiger partial charge in [-0.1, -0.05) is 11.6 Å². The average molecular weight is 406 g/mol. The fourth-order valence-corrected chi connectivity index (χ4v) is 2.61. The van der Waals surface area contributed by atoms with Crippen LogP contribution in [0.5, 0.6) is 5.75 Å². The van der Waals surface area contributed by atoms with Crippen molar-refractivity contribution in [2.24, 2.45) is 7.05 Å². The van der Waals surface area contributed by atoms with Crippen LogP contribution >= 0.6 is 11.6 Å². The van der Waals surface area contributed by atoms with Crippen LogP contribution < -0.4 is 15.6 Å². The van der Waals surface area contributed by atoms with E-state index in [9.17, 15) is 14.0 Å². The normalized spacial score (nSPS) is 10.8. The number of aromatic nitrogens is 3. The first kappa shape index (κ1) is 19.6. The fraction of sp³-hybridized carbons (Fsp3) is 0.222. The standard InChI is InChI=1S/C18H17ClFN5O3/c1-24(2)15(26)9-28-14-7-10-6-11(4-5-13(10)25(3)17(14)27)22-16-12(19)8-21-18(20)23-16/h4-8H,9H2,1-3H3,(H,21,22,23). The van der Waals surface area contributed by atoms with Crippen molar-refractivity contribution in [2.75, 3.05) is 26.0 Å². The van der Waals surface area contributed by atoms with Gasteiger partial charge in [-0.2, -0.15) is 9.37 Å². The molecule has 3 aromatic rings. The Morgan fingerprint density at radius 2 is 2.11 bits per heavy atom. The summed E-state index contributed by atoms with van der Waals surface area (Å²) in [5, 5.41) is 3.74. The van der Waals surface area contributed by atoms with Gasteiger partial charge in [-0.15, -0.1) is 0 Å². The number of nitrogens with zero attached hydrogens (tertiary/aromatic N) is 4. The summed E-state index contributed by atoms with van der Waals surface area (Å²) in [6.07, 6.45) is 0.251. The van der Waals surface area contributed by atoms with Gasteiger partial charge in [0.2, 0.25) is 0 Å². The Morgan fingerprint density at radius 1 is 1.36 bits per heavy atom. The average Bonchev–Trinajstić information content (AvgIpc) is 2.66. The highest BCUT2D eigenvalue weighted by molar-refractivity contribution is 6.32. The summed E-state index contributed by atoms with van der Waals surface area (Å²) in [6, 6.07) is 6.70. The molecular formula is C18H17ClFN5O3. The second-order valence-electron chi connectivity index (χ2n) is 6.18. The van der Waals surface area contributed by atoms with Crippen molar-refractivity contribution in [1.82, 2.24) is 19.4 Å². The summed E-state index contributed by atoms with van der Waals surface area (Å²) in [6.45, 7) is -0.249. The van der Waals surface area contributed by atoms with Gasteiger partial charge < -0.3 is 19.5 Å². The maximum atomic E-state index is 13.3. The number of rotatable bonds is 5. The highest BCUT2D eigenvalue weighted by Gasteiger charge is 2.12. The number of hydrogen-bond acceptors (Lipinski definition) is 6. The van der Waals surface area contributed by atoms with Gasteiger partial charge in [-0.3, -0.25) is 9.59 Å². The van der Waals surface area contributed by atoms with Gasteiger partial charge in [0.15, 0.2) is 18.2 Å². The van der Waals surface area contributed by atoms with Crippen LogP contribution in [0.15, 0.2) is 35.3 Å². The third kappa shape index (κ3) is 4.04. The minimum absolute atomic E-state index is 0.0495. The minimum atomic E-state index is -0.906. The summed E-state index contributed by atoms with van der Waals surface area (Å²) in [5.74, 6) is -0.0992. The van der Waals surface area contributed by atoms with Crippen molar-refractivity contribution in [3.05, 3.63) is 51.9 Å². The highest BCUT2D eigenvalue weighted by atomic mass is 35.5. The van der Waals surface area contributed by atoms with Gasteiger partial charge in [0.25, 0.3) is 11.5 Å². The van der Waals surface area contributed by atoms with Crippen molar-refractivity contribution in [2.45, 2.75) is 0 Å². The number of carbonyl (C=O) groups excluding carboxylic acids is 1. The molecule has 3 rings (SSSR count). The Labute approximate surface area is 164 Å². The van der Waals surface area contributed by atoms with Crippen LogP contribution in [0.25, 0.3) is 10.9 Å². The first-order valence-corrected chi connectivity index (χ1v) is 8.56. The summed E-state index contributed by atoms with van der Waals surface area (Å²) in [5.41, 5.74) is 0.865. The Bertz CT molecular complexity index is 1120. The smallest absolute Gasteiger partial charge is 0.310 e. The van der Waals surface area contributed by atoms with Crippen LogP contribution in [0.2, 0.25) is 5.02 Å². The van der Waals surface area contributed by atoms with Crippen molar-refractivity contribution in [3.63, 3.8) is 0 Å². The number of amides is 1. The van der Waals surface area contributed by atoms with Crippen LogP contribution in [0.3, 0.4) is 0 Å². The molecule has 0 aliphatic carbocycles. The van der Waals surface area contributed by atoms with Crippen molar-refractivity contribution in [3.8, 4) is 5.75 Å². The fourth-order valence-electron chi connectivity index (χ4n) is 2.47. The zero-order valence-corrected chi connectivity index (χ0v) is 16.1. The molecule has 1 amide bonds. The molecule has 0 aliphatic rings. The molecule has 0 unspecified atom stereocenters. The first-order chi connectivity index (χ1) is 13.3. The van der Waals surface area contributed by atoms with E-state index >= 15 is 0 Å². The quantitative estimate of drug-likeness (QED) is 0.655. The Kier molecular flexibility index (Phi) is 5.46. The molecule has 1 aromatic carbocycles. The molecule has 146 valence electrons. The van der Waals surface area contributed by atoms with E-state index in [4.69, 9.17) is 16.3 Å². The summed E-state index contributed by atoms with van der Waals surface area (Å²) < 4.78 is 20.1. The molecule has 0 fully saturated rings. The molecule has 1 N–H and O–H groups in total. The SMILES string of the molecule is CN(C)C(=O)COc1cc2cc(Nc3nc(F)ncc3Cl)ccc2n(C)c1=O. The van der Waals surface area contributed by atoms with Crippen LogP contribution in [0.4, 0.5) is 15.9 Å². The number of nitrogens with one attached hydrogen (secondary N) is 1. The van der Waals surface area contributed by atoms with E-state index in [1.807, 2.05) is 0 Å².